The first kappa shape index (κ1) is 13.9. The second kappa shape index (κ2) is 6.09. The summed E-state index contributed by atoms with van der Waals surface area (Å²) in [6.07, 6.45) is 0. The molecule has 100 valence electrons. The fourth-order valence-corrected chi connectivity index (χ4v) is 2.13. The summed E-state index contributed by atoms with van der Waals surface area (Å²) >= 11 is 5.89. The van der Waals surface area contributed by atoms with Crippen LogP contribution in [0.4, 0.5) is 0 Å². The van der Waals surface area contributed by atoms with Gasteiger partial charge in [-0.3, -0.25) is 0 Å². The molecule has 0 aliphatic rings. The van der Waals surface area contributed by atoms with Crippen molar-refractivity contribution in [3.05, 3.63) is 64.2 Å². The maximum atomic E-state index is 9.85. The van der Waals surface area contributed by atoms with Crippen LogP contribution < -0.4 is 5.32 Å². The van der Waals surface area contributed by atoms with Crippen LogP contribution in [0.1, 0.15) is 29.7 Å². The van der Waals surface area contributed by atoms with Crippen LogP contribution in [0.25, 0.3) is 0 Å². The molecular formula is C16H18ClNO. The lowest BCUT2D eigenvalue weighted by molar-refractivity contribution is 0.460. The molecule has 0 spiro atoms. The highest BCUT2D eigenvalue weighted by atomic mass is 35.5. The number of phenols is 1. The fraction of sp³-hybridized carbons (Fsp3) is 0.250. The highest BCUT2D eigenvalue weighted by Crippen LogP contribution is 2.27. The zero-order valence-electron chi connectivity index (χ0n) is 11.2. The molecule has 2 nitrogen and oxygen atoms in total. The van der Waals surface area contributed by atoms with E-state index in [1.165, 1.54) is 11.1 Å². The Morgan fingerprint density at radius 2 is 1.84 bits per heavy atom. The van der Waals surface area contributed by atoms with E-state index in [1.54, 1.807) is 6.07 Å². The van der Waals surface area contributed by atoms with E-state index in [0.29, 0.717) is 11.6 Å². The first-order chi connectivity index (χ1) is 9.08. The van der Waals surface area contributed by atoms with E-state index >= 15 is 0 Å². The molecular weight excluding hydrogens is 258 g/mol. The average molecular weight is 276 g/mol. The van der Waals surface area contributed by atoms with E-state index < -0.39 is 0 Å². The SMILES string of the molecule is Cc1ccc(C(C)NCc2cccc(Cl)c2O)cc1. The molecule has 0 radical (unpaired) electrons. The van der Waals surface area contributed by atoms with Gasteiger partial charge in [0.2, 0.25) is 0 Å². The molecule has 19 heavy (non-hydrogen) atoms. The number of hydrogen-bond acceptors (Lipinski definition) is 2. The van der Waals surface area contributed by atoms with Crippen LogP contribution in [0.3, 0.4) is 0 Å². The summed E-state index contributed by atoms with van der Waals surface area (Å²) in [5, 5.41) is 13.6. The third kappa shape index (κ3) is 3.49. The summed E-state index contributed by atoms with van der Waals surface area (Å²) in [6, 6.07) is 14.1. The first-order valence-corrected chi connectivity index (χ1v) is 6.72. The summed E-state index contributed by atoms with van der Waals surface area (Å²) in [5.74, 6) is 0.160. The molecule has 2 aromatic rings. The number of hydrogen-bond donors (Lipinski definition) is 2. The van der Waals surface area contributed by atoms with Gasteiger partial charge in [-0.05, 0) is 25.5 Å². The molecule has 0 aliphatic heterocycles. The van der Waals surface area contributed by atoms with E-state index in [2.05, 4.69) is 43.4 Å². The summed E-state index contributed by atoms with van der Waals surface area (Å²) in [7, 11) is 0. The minimum absolute atomic E-state index is 0.160. The summed E-state index contributed by atoms with van der Waals surface area (Å²) in [6.45, 7) is 4.76. The van der Waals surface area contributed by atoms with Crippen molar-refractivity contribution in [3.63, 3.8) is 0 Å². The summed E-state index contributed by atoms with van der Waals surface area (Å²) in [4.78, 5) is 0. The van der Waals surface area contributed by atoms with Crippen molar-refractivity contribution in [1.82, 2.24) is 5.32 Å². The van der Waals surface area contributed by atoms with Crippen LogP contribution in [0.15, 0.2) is 42.5 Å². The molecule has 2 aromatic carbocycles. The van der Waals surface area contributed by atoms with Crippen molar-refractivity contribution >= 4 is 11.6 Å². The van der Waals surface area contributed by atoms with Crippen molar-refractivity contribution < 1.29 is 5.11 Å². The highest BCUT2D eigenvalue weighted by molar-refractivity contribution is 6.32. The molecule has 0 fully saturated rings. The van der Waals surface area contributed by atoms with Gasteiger partial charge in [0.25, 0.3) is 0 Å². The quantitative estimate of drug-likeness (QED) is 0.876. The van der Waals surface area contributed by atoms with Crippen molar-refractivity contribution in [2.45, 2.75) is 26.4 Å². The second-order valence-corrected chi connectivity index (χ2v) is 5.17. The normalized spacial score (nSPS) is 12.4. The van der Waals surface area contributed by atoms with Gasteiger partial charge in [0.05, 0.1) is 5.02 Å². The zero-order chi connectivity index (χ0) is 13.8. The Kier molecular flexibility index (Phi) is 4.46. The molecule has 2 N–H and O–H groups in total. The molecule has 0 saturated carbocycles. The molecule has 0 heterocycles. The van der Waals surface area contributed by atoms with Gasteiger partial charge in [-0.25, -0.2) is 0 Å². The van der Waals surface area contributed by atoms with Gasteiger partial charge in [0.1, 0.15) is 5.75 Å². The van der Waals surface area contributed by atoms with Crippen molar-refractivity contribution in [3.8, 4) is 5.75 Å². The lowest BCUT2D eigenvalue weighted by Crippen LogP contribution is -2.18. The van der Waals surface area contributed by atoms with E-state index in [-0.39, 0.29) is 11.8 Å². The number of benzene rings is 2. The third-order valence-electron chi connectivity index (χ3n) is 3.25. The second-order valence-electron chi connectivity index (χ2n) is 4.76. The van der Waals surface area contributed by atoms with Gasteiger partial charge in [-0.2, -0.15) is 0 Å². The van der Waals surface area contributed by atoms with Crippen molar-refractivity contribution in [1.29, 1.82) is 0 Å². The topological polar surface area (TPSA) is 32.3 Å². The molecule has 1 unspecified atom stereocenters. The third-order valence-corrected chi connectivity index (χ3v) is 3.55. The summed E-state index contributed by atoms with van der Waals surface area (Å²) < 4.78 is 0. The largest absolute Gasteiger partial charge is 0.506 e. The maximum Gasteiger partial charge on any atom is 0.138 e. The van der Waals surface area contributed by atoms with Crippen LogP contribution in [-0.2, 0) is 6.54 Å². The van der Waals surface area contributed by atoms with Crippen molar-refractivity contribution in [2.75, 3.05) is 0 Å². The van der Waals surface area contributed by atoms with Gasteiger partial charge in [-0.1, -0.05) is 53.6 Å². The Hall–Kier alpha value is -1.51. The monoisotopic (exact) mass is 275 g/mol. The Bertz CT molecular complexity index is 551. The van der Waals surface area contributed by atoms with Crippen molar-refractivity contribution in [2.24, 2.45) is 0 Å². The van der Waals surface area contributed by atoms with Crippen LogP contribution in [0, 0.1) is 6.92 Å². The molecule has 0 bridgehead atoms. The number of para-hydroxylation sites is 1. The number of halogens is 1. The van der Waals surface area contributed by atoms with E-state index in [9.17, 15) is 5.11 Å². The zero-order valence-corrected chi connectivity index (χ0v) is 11.9. The molecule has 0 amide bonds. The molecule has 2 rings (SSSR count). The van der Waals surface area contributed by atoms with Gasteiger partial charge >= 0.3 is 0 Å². The van der Waals surface area contributed by atoms with Crippen LogP contribution in [0.2, 0.25) is 5.02 Å². The molecule has 0 saturated heterocycles. The molecule has 3 heteroatoms. The van der Waals surface area contributed by atoms with Crippen LogP contribution >= 0.6 is 11.6 Å². The molecule has 0 aromatic heterocycles. The lowest BCUT2D eigenvalue weighted by atomic mass is 10.1. The lowest BCUT2D eigenvalue weighted by Gasteiger charge is -2.15. The smallest absolute Gasteiger partial charge is 0.138 e. The fourth-order valence-electron chi connectivity index (χ4n) is 1.94. The number of rotatable bonds is 4. The predicted molar refractivity (Wildman–Crippen MR) is 79.6 cm³/mol. The van der Waals surface area contributed by atoms with Crippen LogP contribution in [0.5, 0.6) is 5.75 Å². The predicted octanol–water partition coefficient (Wildman–Crippen LogP) is 4.20. The summed E-state index contributed by atoms with van der Waals surface area (Å²) in [5.41, 5.74) is 3.29. The van der Waals surface area contributed by atoms with Gasteiger partial charge < -0.3 is 10.4 Å². The number of aryl methyl sites for hydroxylation is 1. The van der Waals surface area contributed by atoms with Crippen LogP contribution in [-0.4, -0.2) is 5.11 Å². The standard InChI is InChI=1S/C16H18ClNO/c1-11-6-8-13(9-7-11)12(2)18-10-14-4-3-5-15(17)16(14)19/h3-9,12,18-19H,10H2,1-2H3. The van der Waals surface area contributed by atoms with Gasteiger partial charge in [-0.15, -0.1) is 0 Å². The van der Waals surface area contributed by atoms with E-state index in [4.69, 9.17) is 11.6 Å². The number of nitrogens with one attached hydrogen (secondary N) is 1. The van der Waals surface area contributed by atoms with Gasteiger partial charge in [0, 0.05) is 18.2 Å². The maximum absolute atomic E-state index is 9.85. The van der Waals surface area contributed by atoms with E-state index in [1.807, 2.05) is 12.1 Å². The highest BCUT2D eigenvalue weighted by Gasteiger charge is 2.08. The number of phenolic OH excluding ortho intramolecular Hbond substituents is 1. The Labute approximate surface area is 119 Å². The van der Waals surface area contributed by atoms with E-state index in [0.717, 1.165) is 5.56 Å². The minimum Gasteiger partial charge on any atom is -0.506 e. The Balaban J connectivity index is 2.02. The Morgan fingerprint density at radius 1 is 1.16 bits per heavy atom. The molecule has 0 aliphatic carbocycles. The minimum atomic E-state index is 0.160. The van der Waals surface area contributed by atoms with Gasteiger partial charge in [0.15, 0.2) is 0 Å². The molecule has 1 atom stereocenters. The number of aromatic hydroxyl groups is 1. The first-order valence-electron chi connectivity index (χ1n) is 6.34. The average Bonchev–Trinajstić information content (AvgIpc) is 2.41. The Morgan fingerprint density at radius 3 is 2.53 bits per heavy atom.